The molecule has 0 spiro atoms. The molecule has 1 atom stereocenters. The smallest absolute Gasteiger partial charge is 0.216 e. The number of rotatable bonds is 6. The van der Waals surface area contributed by atoms with Crippen molar-refractivity contribution >= 4 is 10.0 Å². The molecular formula is C10H21NO4S. The molecular weight excluding hydrogens is 230 g/mol. The number of aliphatic hydroxyl groups excluding tert-OH is 1. The molecule has 1 rings (SSSR count). The average molecular weight is 251 g/mol. The van der Waals surface area contributed by atoms with Crippen LogP contribution in [0.25, 0.3) is 0 Å². The van der Waals surface area contributed by atoms with Crippen LogP contribution in [0.2, 0.25) is 0 Å². The standard InChI is InChI=1S/C10H21NO4S/c1-9(2)15-6-7-16(13,14)11-5-3-4-10(11)8-12/h9-10,12H,3-8H2,1-2H3/t10-/m1/s1. The van der Waals surface area contributed by atoms with Gasteiger partial charge in [0.2, 0.25) is 10.0 Å². The summed E-state index contributed by atoms with van der Waals surface area (Å²) in [6.07, 6.45) is 1.62. The minimum absolute atomic E-state index is 0.00167. The summed E-state index contributed by atoms with van der Waals surface area (Å²) in [7, 11) is -3.27. The van der Waals surface area contributed by atoms with Crippen LogP contribution >= 0.6 is 0 Å². The van der Waals surface area contributed by atoms with Crippen LogP contribution in [0.15, 0.2) is 0 Å². The summed E-state index contributed by atoms with van der Waals surface area (Å²) in [5.74, 6) is 0.00167. The van der Waals surface area contributed by atoms with Crippen LogP contribution in [0, 0.1) is 0 Å². The Morgan fingerprint density at radius 1 is 1.50 bits per heavy atom. The van der Waals surface area contributed by atoms with E-state index in [-0.39, 0.29) is 31.1 Å². The number of nitrogens with zero attached hydrogens (tertiary/aromatic N) is 1. The third-order valence-corrected chi connectivity index (χ3v) is 4.56. The predicted octanol–water partition coefficient (Wildman–Crippen LogP) is 0.198. The van der Waals surface area contributed by atoms with Crippen molar-refractivity contribution in [1.29, 1.82) is 0 Å². The highest BCUT2D eigenvalue weighted by Crippen LogP contribution is 2.20. The van der Waals surface area contributed by atoms with Gasteiger partial charge >= 0.3 is 0 Å². The van der Waals surface area contributed by atoms with Crippen molar-refractivity contribution in [2.24, 2.45) is 0 Å². The Kier molecular flexibility index (Phi) is 5.17. The Morgan fingerprint density at radius 2 is 2.19 bits per heavy atom. The van der Waals surface area contributed by atoms with Gasteiger partial charge in [0.05, 0.1) is 25.1 Å². The second-order valence-electron chi connectivity index (χ2n) is 4.32. The largest absolute Gasteiger partial charge is 0.395 e. The molecule has 0 amide bonds. The summed E-state index contributed by atoms with van der Waals surface area (Å²) in [6.45, 7) is 4.39. The maximum absolute atomic E-state index is 11.9. The summed E-state index contributed by atoms with van der Waals surface area (Å²) >= 11 is 0. The summed E-state index contributed by atoms with van der Waals surface area (Å²) in [4.78, 5) is 0. The van der Waals surface area contributed by atoms with E-state index in [0.717, 1.165) is 12.8 Å². The van der Waals surface area contributed by atoms with Gasteiger partial charge in [-0.1, -0.05) is 0 Å². The van der Waals surface area contributed by atoms with Gasteiger partial charge in [-0.15, -0.1) is 0 Å². The molecule has 6 heteroatoms. The van der Waals surface area contributed by atoms with Crippen molar-refractivity contribution in [3.8, 4) is 0 Å². The van der Waals surface area contributed by atoms with Gasteiger partial charge in [-0.2, -0.15) is 4.31 Å². The molecule has 0 bridgehead atoms. The van der Waals surface area contributed by atoms with Gasteiger partial charge in [-0.3, -0.25) is 0 Å². The predicted molar refractivity (Wildman–Crippen MR) is 61.7 cm³/mol. The molecule has 96 valence electrons. The zero-order valence-electron chi connectivity index (χ0n) is 9.92. The number of aliphatic hydroxyl groups is 1. The van der Waals surface area contributed by atoms with E-state index in [0.29, 0.717) is 6.54 Å². The Balaban J connectivity index is 2.49. The molecule has 0 aromatic carbocycles. The first-order valence-electron chi connectivity index (χ1n) is 5.69. The lowest BCUT2D eigenvalue weighted by atomic mass is 10.2. The first kappa shape index (κ1) is 13.9. The lowest BCUT2D eigenvalue weighted by molar-refractivity contribution is 0.0904. The van der Waals surface area contributed by atoms with Crippen LogP contribution in [-0.2, 0) is 14.8 Å². The Labute approximate surface area is 97.4 Å². The zero-order valence-corrected chi connectivity index (χ0v) is 10.7. The third kappa shape index (κ3) is 3.69. The number of ether oxygens (including phenoxy) is 1. The first-order chi connectivity index (χ1) is 7.47. The van der Waals surface area contributed by atoms with Crippen molar-refractivity contribution in [3.63, 3.8) is 0 Å². The highest BCUT2D eigenvalue weighted by Gasteiger charge is 2.33. The van der Waals surface area contributed by atoms with Gasteiger partial charge in [0.25, 0.3) is 0 Å². The highest BCUT2D eigenvalue weighted by atomic mass is 32.2. The number of hydrogen-bond acceptors (Lipinski definition) is 4. The molecule has 0 aromatic rings. The van der Waals surface area contributed by atoms with Crippen molar-refractivity contribution < 1.29 is 18.3 Å². The van der Waals surface area contributed by atoms with Crippen molar-refractivity contribution in [2.45, 2.75) is 38.8 Å². The Morgan fingerprint density at radius 3 is 2.75 bits per heavy atom. The minimum Gasteiger partial charge on any atom is -0.395 e. The van der Waals surface area contributed by atoms with E-state index in [1.165, 1.54) is 4.31 Å². The van der Waals surface area contributed by atoms with E-state index in [9.17, 15) is 8.42 Å². The van der Waals surface area contributed by atoms with Crippen molar-refractivity contribution in [3.05, 3.63) is 0 Å². The molecule has 1 saturated heterocycles. The molecule has 0 unspecified atom stereocenters. The maximum atomic E-state index is 11.9. The van der Waals surface area contributed by atoms with Gasteiger partial charge in [0, 0.05) is 12.6 Å². The van der Waals surface area contributed by atoms with Crippen molar-refractivity contribution in [1.82, 2.24) is 4.31 Å². The van der Waals surface area contributed by atoms with Crippen LogP contribution in [0.3, 0.4) is 0 Å². The summed E-state index contributed by atoms with van der Waals surface area (Å²) in [6, 6.07) is -0.232. The summed E-state index contributed by atoms with van der Waals surface area (Å²) in [5.41, 5.74) is 0. The third-order valence-electron chi connectivity index (χ3n) is 2.68. The molecule has 0 aromatic heterocycles. The fourth-order valence-electron chi connectivity index (χ4n) is 1.86. The molecule has 0 radical (unpaired) electrons. The maximum Gasteiger partial charge on any atom is 0.216 e. The van der Waals surface area contributed by atoms with Crippen LogP contribution in [-0.4, -0.2) is 55.5 Å². The van der Waals surface area contributed by atoms with Crippen LogP contribution in [0.5, 0.6) is 0 Å². The lowest BCUT2D eigenvalue weighted by Gasteiger charge is -2.22. The molecule has 1 aliphatic heterocycles. The average Bonchev–Trinajstić information content (AvgIpc) is 2.64. The zero-order chi connectivity index (χ0) is 12.2. The summed E-state index contributed by atoms with van der Waals surface area (Å²) in [5, 5.41) is 9.08. The van der Waals surface area contributed by atoms with Gasteiger partial charge in [-0.25, -0.2) is 8.42 Å². The molecule has 16 heavy (non-hydrogen) atoms. The van der Waals surface area contributed by atoms with Crippen LogP contribution < -0.4 is 0 Å². The fourth-order valence-corrected chi connectivity index (χ4v) is 3.44. The molecule has 5 nitrogen and oxygen atoms in total. The molecule has 1 heterocycles. The first-order valence-corrected chi connectivity index (χ1v) is 7.30. The van der Waals surface area contributed by atoms with E-state index in [1.807, 2.05) is 13.8 Å². The highest BCUT2D eigenvalue weighted by molar-refractivity contribution is 7.89. The van der Waals surface area contributed by atoms with E-state index in [2.05, 4.69) is 0 Å². The topological polar surface area (TPSA) is 66.8 Å². The van der Waals surface area contributed by atoms with Gasteiger partial charge in [0.1, 0.15) is 0 Å². The lowest BCUT2D eigenvalue weighted by Crippen LogP contribution is -2.40. The second-order valence-corrected chi connectivity index (χ2v) is 6.37. The van der Waals surface area contributed by atoms with Crippen LogP contribution in [0.1, 0.15) is 26.7 Å². The number of hydrogen-bond donors (Lipinski definition) is 1. The van der Waals surface area contributed by atoms with Gasteiger partial charge in [0.15, 0.2) is 0 Å². The van der Waals surface area contributed by atoms with E-state index in [1.54, 1.807) is 0 Å². The SMILES string of the molecule is CC(C)OCCS(=O)(=O)N1CCC[C@@H]1CO. The van der Waals surface area contributed by atoms with E-state index >= 15 is 0 Å². The van der Waals surface area contributed by atoms with Gasteiger partial charge in [-0.05, 0) is 26.7 Å². The number of sulfonamides is 1. The van der Waals surface area contributed by atoms with E-state index in [4.69, 9.17) is 9.84 Å². The molecule has 0 saturated carbocycles. The monoisotopic (exact) mass is 251 g/mol. The van der Waals surface area contributed by atoms with Gasteiger partial charge < -0.3 is 9.84 Å². The van der Waals surface area contributed by atoms with E-state index < -0.39 is 10.0 Å². The summed E-state index contributed by atoms with van der Waals surface area (Å²) < 4.78 is 30.5. The molecule has 1 fully saturated rings. The fraction of sp³-hybridized carbons (Fsp3) is 1.00. The minimum atomic E-state index is -3.27. The quantitative estimate of drug-likeness (QED) is 0.732. The molecule has 1 N–H and O–H groups in total. The van der Waals surface area contributed by atoms with Crippen LogP contribution in [0.4, 0.5) is 0 Å². The Hall–Kier alpha value is -0.170. The second kappa shape index (κ2) is 5.95. The molecule has 0 aliphatic carbocycles. The normalized spacial score (nSPS) is 23.1. The molecule has 1 aliphatic rings. The Bertz CT molecular complexity index is 302. The van der Waals surface area contributed by atoms with Crippen molar-refractivity contribution in [2.75, 3.05) is 25.5 Å².